The molecule has 1 aliphatic rings. The minimum absolute atomic E-state index is 0.0237. The molecule has 0 saturated heterocycles. The minimum Gasteiger partial charge on any atom is -0.395 e. The van der Waals surface area contributed by atoms with E-state index in [-0.39, 0.29) is 35.2 Å². The van der Waals surface area contributed by atoms with Crippen LogP contribution in [0.25, 0.3) is 0 Å². The molecule has 1 aliphatic carbocycles. The lowest BCUT2D eigenvalue weighted by Gasteiger charge is -2.23. The summed E-state index contributed by atoms with van der Waals surface area (Å²) in [6.45, 7) is 2.39. The molecule has 2 atom stereocenters. The Labute approximate surface area is 134 Å². The van der Waals surface area contributed by atoms with Crippen molar-refractivity contribution in [2.24, 2.45) is 0 Å². The molecule has 2 rings (SSSR count). The molecule has 2 amide bonds. The number of urea groups is 1. The quantitative estimate of drug-likeness (QED) is 0.720. The van der Waals surface area contributed by atoms with E-state index in [1.807, 2.05) is 19.2 Å². The summed E-state index contributed by atoms with van der Waals surface area (Å²) in [5.74, 6) is -0.243. The first-order chi connectivity index (χ1) is 10.5. The van der Waals surface area contributed by atoms with Gasteiger partial charge < -0.3 is 15.7 Å². The van der Waals surface area contributed by atoms with Gasteiger partial charge in [0.25, 0.3) is 0 Å². The highest BCUT2D eigenvalue weighted by Crippen LogP contribution is 2.47. The summed E-state index contributed by atoms with van der Waals surface area (Å²) < 4.78 is 13.3. The van der Waals surface area contributed by atoms with Crippen molar-refractivity contribution >= 4 is 17.8 Å². The van der Waals surface area contributed by atoms with Gasteiger partial charge in [0.05, 0.1) is 6.61 Å². The second-order valence-corrected chi connectivity index (χ2v) is 6.94. The molecule has 6 heteroatoms. The molecule has 0 radical (unpaired) electrons. The van der Waals surface area contributed by atoms with Crippen LogP contribution >= 0.6 is 11.8 Å². The average Bonchev–Trinajstić information content (AvgIpc) is 3.28. The van der Waals surface area contributed by atoms with E-state index in [1.54, 1.807) is 12.1 Å². The number of carbonyl (C=O) groups is 1. The smallest absolute Gasteiger partial charge is 0.315 e. The zero-order valence-electron chi connectivity index (χ0n) is 12.9. The van der Waals surface area contributed by atoms with Gasteiger partial charge in [-0.2, -0.15) is 11.8 Å². The van der Waals surface area contributed by atoms with Gasteiger partial charge in [-0.15, -0.1) is 0 Å². The zero-order valence-corrected chi connectivity index (χ0v) is 13.8. The van der Waals surface area contributed by atoms with E-state index in [4.69, 9.17) is 0 Å². The van der Waals surface area contributed by atoms with E-state index in [0.29, 0.717) is 6.54 Å². The van der Waals surface area contributed by atoms with Crippen LogP contribution in [0.4, 0.5) is 9.18 Å². The summed E-state index contributed by atoms with van der Waals surface area (Å²) in [4.78, 5) is 12.0. The van der Waals surface area contributed by atoms with Crippen molar-refractivity contribution in [2.75, 3.05) is 19.4 Å². The third-order valence-electron chi connectivity index (χ3n) is 4.28. The van der Waals surface area contributed by atoms with Gasteiger partial charge in [-0.3, -0.25) is 0 Å². The number of aliphatic hydroxyl groups is 1. The van der Waals surface area contributed by atoms with Crippen molar-refractivity contribution in [2.45, 2.75) is 36.5 Å². The Bertz CT molecular complexity index is 519. The maximum atomic E-state index is 13.3. The summed E-state index contributed by atoms with van der Waals surface area (Å²) in [7, 11) is 0. The molecule has 1 aromatic carbocycles. The summed E-state index contributed by atoms with van der Waals surface area (Å²) in [5.41, 5.74) is 0.816. The lowest BCUT2D eigenvalue weighted by Crippen LogP contribution is -2.47. The van der Waals surface area contributed by atoms with Gasteiger partial charge in [-0.25, -0.2) is 9.18 Å². The number of thioether (sulfide) groups is 1. The van der Waals surface area contributed by atoms with Gasteiger partial charge in [-0.1, -0.05) is 12.1 Å². The van der Waals surface area contributed by atoms with Crippen molar-refractivity contribution in [1.29, 1.82) is 0 Å². The van der Waals surface area contributed by atoms with E-state index in [9.17, 15) is 14.3 Å². The Morgan fingerprint density at radius 3 is 2.77 bits per heavy atom. The predicted molar refractivity (Wildman–Crippen MR) is 87.7 cm³/mol. The Morgan fingerprint density at radius 1 is 1.50 bits per heavy atom. The normalized spacial score (nSPS) is 18.4. The minimum atomic E-state index is -0.248. The van der Waals surface area contributed by atoms with Crippen molar-refractivity contribution in [3.05, 3.63) is 35.6 Å². The van der Waals surface area contributed by atoms with Crippen LogP contribution in [0.5, 0.6) is 0 Å². The standard InChI is InChI=1S/C16H23FN2O2S/c1-11(14(9-20)22-2)19-15(21)18-10-16(6-7-16)12-4-3-5-13(17)8-12/h3-5,8,11,14,20H,6-7,9-10H2,1-2H3,(H2,18,19,21). The van der Waals surface area contributed by atoms with Crippen molar-refractivity contribution in [3.8, 4) is 0 Å². The van der Waals surface area contributed by atoms with E-state index >= 15 is 0 Å². The third kappa shape index (κ3) is 4.14. The molecule has 0 spiro atoms. The number of nitrogens with one attached hydrogen (secondary N) is 2. The third-order valence-corrected chi connectivity index (χ3v) is 5.44. The first-order valence-corrected chi connectivity index (χ1v) is 8.73. The number of hydrogen-bond acceptors (Lipinski definition) is 3. The second-order valence-electron chi connectivity index (χ2n) is 5.86. The van der Waals surface area contributed by atoms with Crippen LogP contribution in [0.15, 0.2) is 24.3 Å². The topological polar surface area (TPSA) is 61.4 Å². The number of hydrogen-bond donors (Lipinski definition) is 3. The molecule has 1 saturated carbocycles. The fraction of sp³-hybridized carbons (Fsp3) is 0.562. The fourth-order valence-corrected chi connectivity index (χ4v) is 3.20. The molecule has 1 fully saturated rings. The number of rotatable bonds is 7. The van der Waals surface area contributed by atoms with E-state index in [1.165, 1.54) is 17.8 Å². The predicted octanol–water partition coefficient (Wildman–Crippen LogP) is 2.27. The molecule has 0 heterocycles. The molecule has 0 aromatic heterocycles. The van der Waals surface area contributed by atoms with Gasteiger partial charge >= 0.3 is 6.03 Å². The second kappa shape index (κ2) is 7.33. The van der Waals surface area contributed by atoms with Gasteiger partial charge in [0.1, 0.15) is 5.82 Å². The number of aliphatic hydroxyl groups excluding tert-OH is 1. The summed E-state index contributed by atoms with van der Waals surface area (Å²) in [6.07, 6.45) is 3.81. The van der Waals surface area contributed by atoms with E-state index in [0.717, 1.165) is 18.4 Å². The lowest BCUT2D eigenvalue weighted by atomic mass is 9.96. The van der Waals surface area contributed by atoms with E-state index in [2.05, 4.69) is 10.6 Å². The zero-order chi connectivity index (χ0) is 16.2. The summed E-state index contributed by atoms with van der Waals surface area (Å²) in [5, 5.41) is 14.9. The SMILES string of the molecule is CSC(CO)C(C)NC(=O)NCC1(c2cccc(F)c2)CC1. The Morgan fingerprint density at radius 2 is 2.23 bits per heavy atom. The molecular weight excluding hydrogens is 303 g/mol. The molecule has 0 bridgehead atoms. The monoisotopic (exact) mass is 326 g/mol. The van der Waals surface area contributed by atoms with Crippen LogP contribution in [0.2, 0.25) is 0 Å². The summed E-state index contributed by atoms with van der Waals surface area (Å²) >= 11 is 1.52. The van der Waals surface area contributed by atoms with Crippen molar-refractivity contribution < 1.29 is 14.3 Å². The highest BCUT2D eigenvalue weighted by Gasteiger charge is 2.44. The lowest BCUT2D eigenvalue weighted by molar-refractivity contribution is 0.231. The molecule has 1 aromatic rings. The molecule has 3 N–H and O–H groups in total. The Hall–Kier alpha value is -1.27. The highest BCUT2D eigenvalue weighted by molar-refractivity contribution is 7.99. The molecule has 4 nitrogen and oxygen atoms in total. The fourth-order valence-electron chi connectivity index (χ4n) is 2.57. The Balaban J connectivity index is 1.86. The van der Waals surface area contributed by atoms with Gasteiger partial charge in [0.15, 0.2) is 0 Å². The van der Waals surface area contributed by atoms with Gasteiger partial charge in [0, 0.05) is 23.3 Å². The highest BCUT2D eigenvalue weighted by atomic mass is 32.2. The van der Waals surface area contributed by atoms with E-state index < -0.39 is 0 Å². The van der Waals surface area contributed by atoms with Crippen LogP contribution < -0.4 is 10.6 Å². The molecule has 22 heavy (non-hydrogen) atoms. The number of halogens is 1. The first-order valence-electron chi connectivity index (χ1n) is 7.45. The van der Waals surface area contributed by atoms with Gasteiger partial charge in [0.2, 0.25) is 0 Å². The molecular formula is C16H23FN2O2S. The van der Waals surface area contributed by atoms with Crippen molar-refractivity contribution in [1.82, 2.24) is 10.6 Å². The van der Waals surface area contributed by atoms with Crippen LogP contribution in [0.3, 0.4) is 0 Å². The molecule has 2 unspecified atom stereocenters. The van der Waals surface area contributed by atoms with Crippen LogP contribution in [-0.4, -0.2) is 41.8 Å². The van der Waals surface area contributed by atoms with Crippen LogP contribution in [0.1, 0.15) is 25.3 Å². The van der Waals surface area contributed by atoms with Crippen LogP contribution in [-0.2, 0) is 5.41 Å². The number of carbonyl (C=O) groups excluding carboxylic acids is 1. The Kier molecular flexibility index (Phi) is 5.69. The number of benzene rings is 1. The largest absolute Gasteiger partial charge is 0.395 e. The first kappa shape index (κ1) is 17.1. The molecule has 122 valence electrons. The maximum Gasteiger partial charge on any atom is 0.315 e. The van der Waals surface area contributed by atoms with Gasteiger partial charge in [-0.05, 0) is 43.7 Å². The van der Waals surface area contributed by atoms with Crippen molar-refractivity contribution in [3.63, 3.8) is 0 Å². The summed E-state index contributed by atoms with van der Waals surface area (Å²) in [6, 6.07) is 6.22. The average molecular weight is 326 g/mol. The molecule has 0 aliphatic heterocycles. The van der Waals surface area contributed by atoms with Crippen LogP contribution in [0, 0.1) is 5.82 Å². The maximum absolute atomic E-state index is 13.3. The number of amides is 2.